The number of carbonyl (C=O) groups is 1. The molecule has 2 aromatic carbocycles. The van der Waals surface area contributed by atoms with Crippen LogP contribution in [0.1, 0.15) is 15.9 Å². The number of aromatic carboxylic acids is 1. The Morgan fingerprint density at radius 2 is 1.80 bits per heavy atom. The molecule has 0 aliphatic rings. The molecule has 0 aliphatic heterocycles. The van der Waals surface area contributed by atoms with Crippen molar-refractivity contribution in [2.45, 2.75) is 6.92 Å². The first kappa shape index (κ1) is 13.7. The summed E-state index contributed by atoms with van der Waals surface area (Å²) in [6.45, 7) is 1.93. The van der Waals surface area contributed by atoms with Gasteiger partial charge < -0.3 is 20.3 Å². The van der Waals surface area contributed by atoms with Crippen LogP contribution in [0.3, 0.4) is 0 Å². The van der Waals surface area contributed by atoms with Crippen LogP contribution in [0.2, 0.25) is 0 Å². The van der Waals surface area contributed by atoms with Crippen molar-refractivity contribution in [3.8, 4) is 17.2 Å². The van der Waals surface area contributed by atoms with Gasteiger partial charge in [-0.15, -0.1) is 0 Å². The van der Waals surface area contributed by atoms with Gasteiger partial charge in [-0.25, -0.2) is 4.79 Å². The van der Waals surface area contributed by atoms with Crippen LogP contribution in [0, 0.1) is 6.92 Å². The van der Waals surface area contributed by atoms with Crippen LogP contribution in [-0.4, -0.2) is 18.2 Å². The maximum atomic E-state index is 10.9. The van der Waals surface area contributed by atoms with E-state index in [2.05, 4.69) is 0 Å². The molecule has 5 heteroatoms. The molecule has 0 spiro atoms. The van der Waals surface area contributed by atoms with Crippen molar-refractivity contribution < 1.29 is 19.4 Å². The standard InChI is InChI=1S/C15H15NO4/c1-9-3-5-13(19-2)14(7-9)20-12-6-4-10(15(17)18)8-11(12)16/h3-8H,16H2,1-2H3,(H,17,18). The van der Waals surface area contributed by atoms with Crippen LogP contribution in [0.15, 0.2) is 36.4 Å². The number of benzene rings is 2. The Bertz CT molecular complexity index is 652. The number of carboxylic acids is 1. The summed E-state index contributed by atoms with van der Waals surface area (Å²) in [6, 6.07) is 9.86. The lowest BCUT2D eigenvalue weighted by Gasteiger charge is -2.12. The number of hydrogen-bond donors (Lipinski definition) is 2. The first-order valence-corrected chi connectivity index (χ1v) is 5.96. The highest BCUT2D eigenvalue weighted by Gasteiger charge is 2.10. The number of hydrogen-bond acceptors (Lipinski definition) is 4. The smallest absolute Gasteiger partial charge is 0.335 e. The summed E-state index contributed by atoms with van der Waals surface area (Å²) in [6.07, 6.45) is 0. The third kappa shape index (κ3) is 2.83. The lowest BCUT2D eigenvalue weighted by molar-refractivity contribution is 0.0697. The Morgan fingerprint density at radius 1 is 1.10 bits per heavy atom. The van der Waals surface area contributed by atoms with E-state index in [9.17, 15) is 4.79 Å². The fraction of sp³-hybridized carbons (Fsp3) is 0.133. The Balaban J connectivity index is 2.35. The minimum Gasteiger partial charge on any atom is -0.493 e. The Hall–Kier alpha value is -2.69. The van der Waals surface area contributed by atoms with Crippen LogP contribution in [-0.2, 0) is 0 Å². The van der Waals surface area contributed by atoms with E-state index in [1.54, 1.807) is 13.2 Å². The minimum atomic E-state index is -1.03. The maximum absolute atomic E-state index is 10.9. The topological polar surface area (TPSA) is 81.8 Å². The summed E-state index contributed by atoms with van der Waals surface area (Å²) in [4.78, 5) is 10.9. The average Bonchev–Trinajstić information content (AvgIpc) is 2.41. The van der Waals surface area contributed by atoms with Gasteiger partial charge in [0.1, 0.15) is 0 Å². The summed E-state index contributed by atoms with van der Waals surface area (Å²) < 4.78 is 10.9. The number of anilines is 1. The average molecular weight is 273 g/mol. The fourth-order valence-corrected chi connectivity index (χ4v) is 1.76. The zero-order valence-corrected chi connectivity index (χ0v) is 11.2. The van der Waals surface area contributed by atoms with Crippen LogP contribution >= 0.6 is 0 Å². The van der Waals surface area contributed by atoms with E-state index >= 15 is 0 Å². The van der Waals surface area contributed by atoms with Crippen molar-refractivity contribution in [3.05, 3.63) is 47.5 Å². The largest absolute Gasteiger partial charge is 0.493 e. The number of ether oxygens (including phenoxy) is 2. The van der Waals surface area contributed by atoms with Crippen molar-refractivity contribution in [1.29, 1.82) is 0 Å². The van der Waals surface area contributed by atoms with E-state index in [4.69, 9.17) is 20.3 Å². The van der Waals surface area contributed by atoms with Crippen molar-refractivity contribution in [1.82, 2.24) is 0 Å². The van der Waals surface area contributed by atoms with E-state index in [0.717, 1.165) is 5.56 Å². The molecule has 104 valence electrons. The molecule has 0 bridgehead atoms. The van der Waals surface area contributed by atoms with Crippen LogP contribution < -0.4 is 15.2 Å². The van der Waals surface area contributed by atoms with Gasteiger partial charge in [-0.05, 0) is 42.8 Å². The molecule has 0 aliphatic carbocycles. The molecule has 0 aromatic heterocycles. The van der Waals surface area contributed by atoms with E-state index < -0.39 is 5.97 Å². The predicted molar refractivity (Wildman–Crippen MR) is 75.6 cm³/mol. The number of nitrogens with two attached hydrogens (primary N) is 1. The number of carboxylic acid groups (broad SMARTS) is 1. The molecule has 0 atom stereocenters. The van der Waals surface area contributed by atoms with Gasteiger partial charge in [0.2, 0.25) is 0 Å². The van der Waals surface area contributed by atoms with Gasteiger partial charge in [0.05, 0.1) is 18.4 Å². The summed E-state index contributed by atoms with van der Waals surface area (Å²) in [5.41, 5.74) is 7.20. The second-order valence-corrected chi connectivity index (χ2v) is 4.31. The molecule has 20 heavy (non-hydrogen) atoms. The van der Waals surface area contributed by atoms with Crippen molar-refractivity contribution in [3.63, 3.8) is 0 Å². The second kappa shape index (κ2) is 5.52. The third-order valence-corrected chi connectivity index (χ3v) is 2.80. The molecule has 5 nitrogen and oxygen atoms in total. The predicted octanol–water partition coefficient (Wildman–Crippen LogP) is 3.08. The summed E-state index contributed by atoms with van der Waals surface area (Å²) in [5, 5.41) is 8.89. The first-order chi connectivity index (χ1) is 9.51. The third-order valence-electron chi connectivity index (χ3n) is 2.80. The highest BCUT2D eigenvalue weighted by atomic mass is 16.5. The number of rotatable bonds is 4. The van der Waals surface area contributed by atoms with Gasteiger partial charge in [0, 0.05) is 0 Å². The van der Waals surface area contributed by atoms with Crippen LogP contribution in [0.4, 0.5) is 5.69 Å². The van der Waals surface area contributed by atoms with Crippen molar-refractivity contribution in [2.24, 2.45) is 0 Å². The molecular formula is C15H15NO4. The monoisotopic (exact) mass is 273 g/mol. The molecule has 0 amide bonds. The number of nitrogen functional groups attached to an aromatic ring is 1. The second-order valence-electron chi connectivity index (χ2n) is 4.31. The molecule has 3 N–H and O–H groups in total. The highest BCUT2D eigenvalue weighted by Crippen LogP contribution is 2.35. The van der Waals surface area contributed by atoms with Gasteiger partial charge in [0.15, 0.2) is 17.2 Å². The van der Waals surface area contributed by atoms with Gasteiger partial charge in [-0.3, -0.25) is 0 Å². The lowest BCUT2D eigenvalue weighted by atomic mass is 10.2. The molecule has 2 aromatic rings. The van der Waals surface area contributed by atoms with Gasteiger partial charge in [-0.1, -0.05) is 6.07 Å². The highest BCUT2D eigenvalue weighted by molar-refractivity contribution is 5.89. The molecule has 0 radical (unpaired) electrons. The molecule has 0 unspecified atom stereocenters. The lowest BCUT2D eigenvalue weighted by Crippen LogP contribution is -2.00. The number of aryl methyl sites for hydroxylation is 1. The quantitative estimate of drug-likeness (QED) is 0.836. The molecular weight excluding hydrogens is 258 g/mol. The maximum Gasteiger partial charge on any atom is 0.335 e. The van der Waals surface area contributed by atoms with Gasteiger partial charge >= 0.3 is 5.97 Å². The molecule has 0 heterocycles. The van der Waals surface area contributed by atoms with Crippen molar-refractivity contribution in [2.75, 3.05) is 12.8 Å². The van der Waals surface area contributed by atoms with Crippen LogP contribution in [0.25, 0.3) is 0 Å². The Morgan fingerprint density at radius 3 is 2.40 bits per heavy atom. The Labute approximate surface area is 116 Å². The summed E-state index contributed by atoms with van der Waals surface area (Å²) >= 11 is 0. The fourth-order valence-electron chi connectivity index (χ4n) is 1.76. The van der Waals surface area contributed by atoms with E-state index in [1.165, 1.54) is 18.2 Å². The zero-order valence-electron chi connectivity index (χ0n) is 11.2. The minimum absolute atomic E-state index is 0.117. The summed E-state index contributed by atoms with van der Waals surface area (Å²) in [5.74, 6) is 0.467. The zero-order chi connectivity index (χ0) is 14.7. The normalized spacial score (nSPS) is 10.1. The van der Waals surface area contributed by atoms with E-state index in [-0.39, 0.29) is 11.3 Å². The van der Waals surface area contributed by atoms with Crippen LogP contribution in [0.5, 0.6) is 17.2 Å². The molecule has 2 rings (SSSR count). The molecule has 0 saturated heterocycles. The Kier molecular flexibility index (Phi) is 3.79. The molecule has 0 saturated carbocycles. The molecule has 0 fully saturated rings. The first-order valence-electron chi connectivity index (χ1n) is 5.96. The van der Waals surface area contributed by atoms with E-state index in [1.807, 2.05) is 19.1 Å². The SMILES string of the molecule is COc1ccc(C)cc1Oc1ccc(C(=O)O)cc1N. The van der Waals surface area contributed by atoms with Gasteiger partial charge in [-0.2, -0.15) is 0 Å². The number of methoxy groups -OCH3 is 1. The summed E-state index contributed by atoms with van der Waals surface area (Å²) in [7, 11) is 1.55. The van der Waals surface area contributed by atoms with E-state index in [0.29, 0.717) is 17.2 Å². The van der Waals surface area contributed by atoms with Gasteiger partial charge in [0.25, 0.3) is 0 Å². The van der Waals surface area contributed by atoms with Crippen molar-refractivity contribution >= 4 is 11.7 Å².